The number of para-hydroxylation sites is 1. The molecule has 1 aliphatic carbocycles. The summed E-state index contributed by atoms with van der Waals surface area (Å²) in [6, 6.07) is 15.1. The molecule has 0 heterocycles. The number of carbonyl (C=O) groups excluding carboxylic acids is 2. The molecule has 0 bridgehead atoms. The van der Waals surface area contributed by atoms with Crippen LogP contribution in [0.3, 0.4) is 0 Å². The maximum atomic E-state index is 12.2. The lowest BCUT2D eigenvalue weighted by molar-refractivity contribution is -0.124. The Hall–Kier alpha value is -2.62. The van der Waals surface area contributed by atoms with Crippen LogP contribution in [-0.2, 0) is 11.2 Å². The van der Waals surface area contributed by atoms with Crippen molar-refractivity contribution in [2.45, 2.75) is 25.3 Å². The van der Waals surface area contributed by atoms with Gasteiger partial charge in [0.1, 0.15) is 5.75 Å². The van der Waals surface area contributed by atoms with E-state index in [9.17, 15) is 9.59 Å². The number of carbonyl (C=O) groups is 2. The Labute approximate surface area is 135 Å². The number of aldehydes is 1. The molecule has 3 rings (SSSR count). The molecule has 0 aliphatic heterocycles. The molecule has 2 aromatic rings. The molecule has 0 radical (unpaired) electrons. The standard InChI is InChI=1S/C19H19NO3/c21-12-15-7-2-4-11-18(15)23-13-19(22)20-17-10-5-8-14-6-1-3-9-16(14)17/h1-4,6-7,9,11-12,17H,5,8,10,13H2,(H,20,22)/t17-/m0/s1. The fourth-order valence-corrected chi connectivity index (χ4v) is 2.99. The van der Waals surface area contributed by atoms with Crippen molar-refractivity contribution < 1.29 is 14.3 Å². The number of hydrogen-bond donors (Lipinski definition) is 1. The Morgan fingerprint density at radius 3 is 2.83 bits per heavy atom. The van der Waals surface area contributed by atoms with Crippen LogP contribution in [0.15, 0.2) is 48.5 Å². The highest BCUT2D eigenvalue weighted by molar-refractivity contribution is 5.81. The van der Waals surface area contributed by atoms with Crippen molar-refractivity contribution in [3.8, 4) is 5.75 Å². The molecule has 118 valence electrons. The van der Waals surface area contributed by atoms with Gasteiger partial charge in [0, 0.05) is 0 Å². The van der Waals surface area contributed by atoms with E-state index in [1.807, 2.05) is 12.1 Å². The fourth-order valence-electron chi connectivity index (χ4n) is 2.99. The Bertz CT molecular complexity index is 711. The third kappa shape index (κ3) is 3.59. The van der Waals surface area contributed by atoms with Crippen molar-refractivity contribution >= 4 is 12.2 Å². The molecule has 1 atom stereocenters. The van der Waals surface area contributed by atoms with Crippen LogP contribution in [0.4, 0.5) is 0 Å². The minimum absolute atomic E-state index is 0.0392. The highest BCUT2D eigenvalue weighted by Gasteiger charge is 2.21. The minimum Gasteiger partial charge on any atom is -0.483 e. The molecule has 1 amide bonds. The zero-order valence-electron chi connectivity index (χ0n) is 12.8. The van der Waals surface area contributed by atoms with Crippen LogP contribution in [0, 0.1) is 0 Å². The summed E-state index contributed by atoms with van der Waals surface area (Å²) in [5, 5.41) is 3.03. The number of nitrogens with one attached hydrogen (secondary N) is 1. The van der Waals surface area contributed by atoms with Gasteiger partial charge in [-0.25, -0.2) is 0 Å². The molecule has 1 N–H and O–H groups in total. The van der Waals surface area contributed by atoms with Gasteiger partial charge in [0.05, 0.1) is 11.6 Å². The second-order valence-electron chi connectivity index (χ2n) is 5.66. The Balaban J connectivity index is 1.61. The zero-order valence-corrected chi connectivity index (χ0v) is 12.8. The van der Waals surface area contributed by atoms with Gasteiger partial charge >= 0.3 is 0 Å². The lowest BCUT2D eigenvalue weighted by atomic mass is 9.88. The maximum Gasteiger partial charge on any atom is 0.258 e. The van der Waals surface area contributed by atoms with Crippen molar-refractivity contribution in [3.63, 3.8) is 0 Å². The van der Waals surface area contributed by atoms with E-state index in [-0.39, 0.29) is 18.6 Å². The topological polar surface area (TPSA) is 55.4 Å². The number of fused-ring (bicyclic) bond motifs is 1. The van der Waals surface area contributed by atoms with Crippen LogP contribution in [0.5, 0.6) is 5.75 Å². The Kier molecular flexibility index (Phi) is 4.71. The summed E-state index contributed by atoms with van der Waals surface area (Å²) in [5.74, 6) is 0.258. The van der Waals surface area contributed by atoms with E-state index < -0.39 is 0 Å². The van der Waals surface area contributed by atoms with Gasteiger partial charge in [0.2, 0.25) is 0 Å². The SMILES string of the molecule is O=Cc1ccccc1OCC(=O)N[C@H]1CCCc2ccccc21. The summed E-state index contributed by atoms with van der Waals surface area (Å²) in [6.07, 6.45) is 3.79. The highest BCUT2D eigenvalue weighted by atomic mass is 16.5. The number of benzene rings is 2. The van der Waals surface area contributed by atoms with Crippen molar-refractivity contribution in [2.24, 2.45) is 0 Å². The van der Waals surface area contributed by atoms with E-state index in [0.717, 1.165) is 25.5 Å². The van der Waals surface area contributed by atoms with E-state index in [0.29, 0.717) is 11.3 Å². The van der Waals surface area contributed by atoms with Gasteiger partial charge in [-0.3, -0.25) is 9.59 Å². The van der Waals surface area contributed by atoms with Gasteiger partial charge < -0.3 is 10.1 Å². The van der Waals surface area contributed by atoms with Crippen LogP contribution in [0.25, 0.3) is 0 Å². The van der Waals surface area contributed by atoms with Crippen LogP contribution in [-0.4, -0.2) is 18.8 Å². The average Bonchev–Trinajstić information content (AvgIpc) is 2.60. The molecule has 23 heavy (non-hydrogen) atoms. The molecule has 2 aromatic carbocycles. The second kappa shape index (κ2) is 7.09. The third-order valence-electron chi connectivity index (χ3n) is 4.11. The molecule has 0 spiro atoms. The van der Waals surface area contributed by atoms with E-state index in [4.69, 9.17) is 4.74 Å². The van der Waals surface area contributed by atoms with E-state index >= 15 is 0 Å². The van der Waals surface area contributed by atoms with Crippen molar-refractivity contribution in [2.75, 3.05) is 6.61 Å². The Morgan fingerprint density at radius 1 is 1.17 bits per heavy atom. The molecular weight excluding hydrogens is 290 g/mol. The molecular formula is C19H19NO3. The molecule has 0 fully saturated rings. The smallest absolute Gasteiger partial charge is 0.258 e. The Morgan fingerprint density at radius 2 is 1.96 bits per heavy atom. The normalized spacial score (nSPS) is 16.3. The third-order valence-corrected chi connectivity index (χ3v) is 4.11. The number of ether oxygens (including phenoxy) is 1. The second-order valence-corrected chi connectivity index (χ2v) is 5.66. The van der Waals surface area contributed by atoms with E-state index in [1.165, 1.54) is 11.1 Å². The fraction of sp³-hybridized carbons (Fsp3) is 0.263. The molecule has 0 saturated carbocycles. The number of hydrogen-bond acceptors (Lipinski definition) is 3. The molecule has 4 nitrogen and oxygen atoms in total. The molecule has 0 aromatic heterocycles. The first kappa shape index (κ1) is 15.3. The lowest BCUT2D eigenvalue weighted by Gasteiger charge is -2.26. The average molecular weight is 309 g/mol. The maximum absolute atomic E-state index is 12.2. The minimum atomic E-state index is -0.174. The van der Waals surface area contributed by atoms with E-state index in [1.54, 1.807) is 24.3 Å². The first-order chi connectivity index (χ1) is 11.3. The largest absolute Gasteiger partial charge is 0.483 e. The van der Waals surface area contributed by atoms with Gasteiger partial charge in [-0.05, 0) is 42.5 Å². The quantitative estimate of drug-likeness (QED) is 0.864. The molecule has 0 saturated heterocycles. The van der Waals surface area contributed by atoms with Crippen LogP contribution in [0.1, 0.15) is 40.4 Å². The summed E-state index contributed by atoms with van der Waals surface area (Å²) >= 11 is 0. The molecule has 0 unspecified atom stereocenters. The lowest BCUT2D eigenvalue weighted by Crippen LogP contribution is -2.34. The van der Waals surface area contributed by atoms with Crippen LogP contribution < -0.4 is 10.1 Å². The first-order valence-electron chi connectivity index (χ1n) is 7.82. The van der Waals surface area contributed by atoms with Gasteiger partial charge in [0.25, 0.3) is 5.91 Å². The number of amides is 1. The number of aryl methyl sites for hydroxylation is 1. The predicted octanol–water partition coefficient (Wildman–Crippen LogP) is 3.07. The van der Waals surface area contributed by atoms with Crippen LogP contribution >= 0.6 is 0 Å². The van der Waals surface area contributed by atoms with E-state index in [2.05, 4.69) is 17.4 Å². The summed E-state index contributed by atoms with van der Waals surface area (Å²) in [5.41, 5.74) is 2.94. The monoisotopic (exact) mass is 309 g/mol. The molecule has 1 aliphatic rings. The first-order valence-corrected chi connectivity index (χ1v) is 7.82. The summed E-state index contributed by atoms with van der Waals surface area (Å²) < 4.78 is 5.48. The summed E-state index contributed by atoms with van der Waals surface area (Å²) in [4.78, 5) is 23.1. The highest BCUT2D eigenvalue weighted by Crippen LogP contribution is 2.29. The van der Waals surface area contributed by atoms with Crippen molar-refractivity contribution in [1.82, 2.24) is 5.32 Å². The van der Waals surface area contributed by atoms with Crippen LogP contribution in [0.2, 0.25) is 0 Å². The van der Waals surface area contributed by atoms with Gasteiger partial charge in [-0.2, -0.15) is 0 Å². The van der Waals surface area contributed by atoms with Crippen molar-refractivity contribution in [1.29, 1.82) is 0 Å². The number of rotatable bonds is 5. The van der Waals surface area contributed by atoms with Gasteiger partial charge in [-0.15, -0.1) is 0 Å². The van der Waals surface area contributed by atoms with Crippen molar-refractivity contribution in [3.05, 3.63) is 65.2 Å². The summed E-state index contributed by atoms with van der Waals surface area (Å²) in [7, 11) is 0. The van der Waals surface area contributed by atoms with Gasteiger partial charge in [-0.1, -0.05) is 36.4 Å². The zero-order chi connectivity index (χ0) is 16.1. The predicted molar refractivity (Wildman–Crippen MR) is 87.6 cm³/mol. The molecule has 4 heteroatoms. The summed E-state index contributed by atoms with van der Waals surface area (Å²) in [6.45, 7) is -0.0937. The van der Waals surface area contributed by atoms with Gasteiger partial charge in [0.15, 0.2) is 12.9 Å².